The van der Waals surface area contributed by atoms with Crippen molar-refractivity contribution in [1.82, 2.24) is 5.32 Å². The van der Waals surface area contributed by atoms with E-state index in [1.54, 1.807) is 37.5 Å². The zero-order valence-corrected chi connectivity index (χ0v) is 13.9. The molecular weight excluding hydrogens is 328 g/mol. The van der Waals surface area contributed by atoms with Gasteiger partial charge in [0.15, 0.2) is 0 Å². The second-order valence-corrected chi connectivity index (χ2v) is 5.77. The van der Waals surface area contributed by atoms with Crippen LogP contribution in [0.15, 0.2) is 48.2 Å². The number of carbonyl (C=O) groups excluding carboxylic acids is 2. The quantitative estimate of drug-likeness (QED) is 0.682. The smallest absolute Gasteiger partial charge is 0.333 e. The van der Waals surface area contributed by atoms with Gasteiger partial charge in [0.2, 0.25) is 0 Å². The van der Waals surface area contributed by atoms with Crippen LogP contribution in [0.4, 0.5) is 10.5 Å². The van der Waals surface area contributed by atoms with Gasteiger partial charge in [-0.1, -0.05) is 17.7 Å². The number of nitrogens with zero attached hydrogens (tertiary/aromatic N) is 1. The van der Waals surface area contributed by atoms with Gasteiger partial charge in [-0.2, -0.15) is 0 Å². The Balaban J connectivity index is 1.90. The van der Waals surface area contributed by atoms with Crippen molar-refractivity contribution in [1.29, 1.82) is 0 Å². The molecule has 0 atom stereocenters. The van der Waals surface area contributed by atoms with E-state index in [1.807, 2.05) is 25.1 Å². The number of urea groups is 1. The number of halogens is 1. The molecule has 0 unspecified atom stereocenters. The van der Waals surface area contributed by atoms with Crippen molar-refractivity contribution in [3.63, 3.8) is 0 Å². The zero-order valence-electron chi connectivity index (χ0n) is 13.2. The van der Waals surface area contributed by atoms with E-state index in [4.69, 9.17) is 16.3 Å². The van der Waals surface area contributed by atoms with Gasteiger partial charge in [-0.25, -0.2) is 9.69 Å². The standard InChI is InChI=1S/C18H15ClN2O3/c1-11-9-12(3-8-16(11)24-2)10-15-17(22)21(18(23)20-15)14-6-4-13(19)5-7-14/h3-10H,1-2H3,(H,20,23)/b15-10+. The lowest BCUT2D eigenvalue weighted by atomic mass is 10.1. The molecule has 1 aliphatic heterocycles. The summed E-state index contributed by atoms with van der Waals surface area (Å²) in [5.74, 6) is 0.359. The maximum Gasteiger partial charge on any atom is 0.333 e. The Morgan fingerprint density at radius 1 is 1.12 bits per heavy atom. The van der Waals surface area contributed by atoms with Crippen LogP contribution in [0.25, 0.3) is 6.08 Å². The fourth-order valence-electron chi connectivity index (χ4n) is 2.52. The first-order valence-corrected chi connectivity index (χ1v) is 7.65. The summed E-state index contributed by atoms with van der Waals surface area (Å²) in [6.45, 7) is 1.91. The van der Waals surface area contributed by atoms with Crippen LogP contribution >= 0.6 is 11.6 Å². The number of methoxy groups -OCH3 is 1. The molecule has 3 amide bonds. The molecule has 122 valence electrons. The third-order valence-electron chi connectivity index (χ3n) is 3.69. The number of nitrogens with one attached hydrogen (secondary N) is 1. The molecule has 1 heterocycles. The molecule has 0 aliphatic carbocycles. The molecule has 1 aliphatic rings. The minimum atomic E-state index is -0.487. The number of hydrogen-bond donors (Lipinski definition) is 1. The molecular formula is C18H15ClN2O3. The van der Waals surface area contributed by atoms with Crippen molar-refractivity contribution in [3.05, 3.63) is 64.3 Å². The topological polar surface area (TPSA) is 58.6 Å². The molecule has 3 rings (SSSR count). The summed E-state index contributed by atoms with van der Waals surface area (Å²) in [6, 6.07) is 11.6. The predicted octanol–water partition coefficient (Wildman–Crippen LogP) is 3.75. The van der Waals surface area contributed by atoms with E-state index in [-0.39, 0.29) is 5.70 Å². The Morgan fingerprint density at radius 3 is 2.46 bits per heavy atom. The lowest BCUT2D eigenvalue weighted by molar-refractivity contribution is -0.113. The highest BCUT2D eigenvalue weighted by atomic mass is 35.5. The van der Waals surface area contributed by atoms with Crippen LogP contribution in [-0.4, -0.2) is 19.0 Å². The van der Waals surface area contributed by atoms with Crippen LogP contribution in [0, 0.1) is 6.92 Å². The lowest BCUT2D eigenvalue weighted by Crippen LogP contribution is -2.30. The average Bonchev–Trinajstić information content (AvgIpc) is 2.83. The Hall–Kier alpha value is -2.79. The van der Waals surface area contributed by atoms with Gasteiger partial charge in [0.25, 0.3) is 5.91 Å². The predicted molar refractivity (Wildman–Crippen MR) is 93.2 cm³/mol. The highest BCUT2D eigenvalue weighted by Gasteiger charge is 2.34. The van der Waals surface area contributed by atoms with Crippen LogP contribution in [0.2, 0.25) is 5.02 Å². The fourth-order valence-corrected chi connectivity index (χ4v) is 2.64. The van der Waals surface area contributed by atoms with Crippen LogP contribution in [0.3, 0.4) is 0 Å². The molecule has 0 spiro atoms. The van der Waals surface area contributed by atoms with E-state index >= 15 is 0 Å². The average molecular weight is 343 g/mol. The van der Waals surface area contributed by atoms with Gasteiger partial charge < -0.3 is 10.1 Å². The number of benzene rings is 2. The number of ether oxygens (including phenoxy) is 1. The molecule has 6 heteroatoms. The summed E-state index contributed by atoms with van der Waals surface area (Å²) in [5, 5.41) is 3.13. The first-order valence-electron chi connectivity index (χ1n) is 7.27. The van der Waals surface area contributed by atoms with Crippen molar-refractivity contribution in [2.45, 2.75) is 6.92 Å². The number of carbonyl (C=O) groups is 2. The summed E-state index contributed by atoms with van der Waals surface area (Å²) in [5.41, 5.74) is 2.43. The highest BCUT2D eigenvalue weighted by Crippen LogP contribution is 2.25. The molecule has 1 N–H and O–H groups in total. The largest absolute Gasteiger partial charge is 0.496 e. The highest BCUT2D eigenvalue weighted by molar-refractivity contribution is 6.31. The van der Waals surface area contributed by atoms with Gasteiger partial charge >= 0.3 is 6.03 Å². The normalized spacial score (nSPS) is 15.8. The number of amides is 3. The SMILES string of the molecule is COc1ccc(/C=C2/NC(=O)N(c3ccc(Cl)cc3)C2=O)cc1C. The maximum absolute atomic E-state index is 12.5. The molecule has 2 aromatic rings. The second-order valence-electron chi connectivity index (χ2n) is 5.33. The Morgan fingerprint density at radius 2 is 1.83 bits per heavy atom. The van der Waals surface area contributed by atoms with Gasteiger partial charge in [0, 0.05) is 5.02 Å². The first kappa shape index (κ1) is 16.1. The number of anilines is 1. The third-order valence-corrected chi connectivity index (χ3v) is 3.94. The summed E-state index contributed by atoms with van der Waals surface area (Å²) < 4.78 is 5.22. The van der Waals surface area contributed by atoms with E-state index in [9.17, 15) is 9.59 Å². The summed E-state index contributed by atoms with van der Waals surface area (Å²) >= 11 is 5.84. The number of aryl methyl sites for hydroxylation is 1. The molecule has 1 fully saturated rings. The minimum Gasteiger partial charge on any atom is -0.496 e. The number of rotatable bonds is 3. The lowest BCUT2D eigenvalue weighted by Gasteiger charge is -2.11. The van der Waals surface area contributed by atoms with Crippen molar-refractivity contribution >= 4 is 35.3 Å². The monoisotopic (exact) mass is 342 g/mol. The molecule has 0 saturated carbocycles. The van der Waals surface area contributed by atoms with Crippen LogP contribution in [-0.2, 0) is 4.79 Å². The summed E-state index contributed by atoms with van der Waals surface area (Å²) in [6.07, 6.45) is 1.64. The summed E-state index contributed by atoms with van der Waals surface area (Å²) in [7, 11) is 1.60. The number of hydrogen-bond acceptors (Lipinski definition) is 3. The van der Waals surface area contributed by atoms with E-state index < -0.39 is 11.9 Å². The van der Waals surface area contributed by atoms with Gasteiger partial charge in [-0.15, -0.1) is 0 Å². The summed E-state index contributed by atoms with van der Waals surface area (Å²) in [4.78, 5) is 25.8. The Labute approximate surface area is 144 Å². The Bertz CT molecular complexity index is 844. The maximum atomic E-state index is 12.5. The van der Waals surface area contributed by atoms with E-state index in [0.29, 0.717) is 10.7 Å². The van der Waals surface area contributed by atoms with Gasteiger partial charge in [-0.3, -0.25) is 4.79 Å². The van der Waals surface area contributed by atoms with Crippen molar-refractivity contribution in [2.75, 3.05) is 12.0 Å². The Kier molecular flexibility index (Phi) is 4.27. The van der Waals surface area contributed by atoms with Crippen molar-refractivity contribution in [2.24, 2.45) is 0 Å². The molecule has 0 radical (unpaired) electrons. The van der Waals surface area contributed by atoms with Crippen molar-refractivity contribution < 1.29 is 14.3 Å². The van der Waals surface area contributed by atoms with Crippen LogP contribution in [0.5, 0.6) is 5.75 Å². The van der Waals surface area contributed by atoms with Gasteiger partial charge in [0.05, 0.1) is 12.8 Å². The zero-order chi connectivity index (χ0) is 17.3. The van der Waals surface area contributed by atoms with E-state index in [1.165, 1.54) is 0 Å². The molecule has 24 heavy (non-hydrogen) atoms. The molecule has 1 saturated heterocycles. The molecule has 0 aromatic heterocycles. The number of imide groups is 1. The molecule has 5 nitrogen and oxygen atoms in total. The fraction of sp³-hybridized carbons (Fsp3) is 0.111. The van der Waals surface area contributed by atoms with Crippen molar-refractivity contribution in [3.8, 4) is 5.75 Å². The second kappa shape index (κ2) is 6.37. The van der Waals surface area contributed by atoms with Gasteiger partial charge in [0.1, 0.15) is 11.4 Å². The van der Waals surface area contributed by atoms with E-state index in [0.717, 1.165) is 21.8 Å². The molecule has 0 bridgehead atoms. The van der Waals surface area contributed by atoms with Gasteiger partial charge in [-0.05, 0) is 60.5 Å². The minimum absolute atomic E-state index is 0.222. The van der Waals surface area contributed by atoms with Crippen LogP contribution < -0.4 is 15.0 Å². The molecule has 2 aromatic carbocycles. The first-order chi connectivity index (χ1) is 11.5. The third kappa shape index (κ3) is 2.98. The van der Waals surface area contributed by atoms with E-state index in [2.05, 4.69) is 5.32 Å². The van der Waals surface area contributed by atoms with Crippen LogP contribution in [0.1, 0.15) is 11.1 Å².